The molecule has 0 aliphatic heterocycles. The third-order valence-electron chi connectivity index (χ3n) is 1.33. The van der Waals surface area contributed by atoms with Gasteiger partial charge in [0.1, 0.15) is 0 Å². The zero-order chi connectivity index (χ0) is 9.45. The molecule has 0 aliphatic carbocycles. The second-order valence-corrected chi connectivity index (χ2v) is 3.78. The molecule has 0 saturated heterocycles. The van der Waals surface area contributed by atoms with E-state index in [9.17, 15) is 0 Å². The van der Waals surface area contributed by atoms with E-state index in [1.165, 1.54) is 0 Å². The molecule has 0 unspecified atom stereocenters. The van der Waals surface area contributed by atoms with Gasteiger partial charge in [0.25, 0.3) is 0 Å². The first-order valence-electron chi connectivity index (χ1n) is 4.38. The van der Waals surface area contributed by atoms with Crippen LogP contribution in [0.15, 0.2) is 0 Å². The molecule has 0 bridgehead atoms. The van der Waals surface area contributed by atoms with Crippen LogP contribution in [-0.4, -0.2) is 39.0 Å². The summed E-state index contributed by atoms with van der Waals surface area (Å²) < 4.78 is 10.1. The molecule has 0 amide bonds. The first-order valence-corrected chi connectivity index (χ1v) is 4.38. The smallest absolute Gasteiger partial charge is 0.0700 e. The zero-order valence-corrected chi connectivity index (χ0v) is 8.64. The molecule has 0 rings (SSSR count). The third-order valence-corrected chi connectivity index (χ3v) is 1.33. The maximum Gasteiger partial charge on any atom is 0.0700 e. The first kappa shape index (κ1) is 11.9. The SMILES string of the molecule is COCCOCCNC(C)(C)C. The van der Waals surface area contributed by atoms with Gasteiger partial charge in [-0.25, -0.2) is 0 Å². The van der Waals surface area contributed by atoms with E-state index in [4.69, 9.17) is 9.47 Å². The Labute approximate surface area is 75.4 Å². The molecule has 3 heteroatoms. The van der Waals surface area contributed by atoms with Crippen LogP contribution in [0, 0.1) is 0 Å². The van der Waals surface area contributed by atoms with E-state index in [1.807, 2.05) is 0 Å². The number of rotatable bonds is 6. The minimum absolute atomic E-state index is 0.185. The highest BCUT2D eigenvalue weighted by Gasteiger charge is 2.06. The lowest BCUT2D eigenvalue weighted by atomic mass is 10.1. The van der Waals surface area contributed by atoms with Crippen molar-refractivity contribution in [3.05, 3.63) is 0 Å². The van der Waals surface area contributed by atoms with Gasteiger partial charge < -0.3 is 14.8 Å². The summed E-state index contributed by atoms with van der Waals surface area (Å²) in [5.41, 5.74) is 0.185. The number of methoxy groups -OCH3 is 1. The molecular weight excluding hydrogens is 154 g/mol. The second-order valence-electron chi connectivity index (χ2n) is 3.78. The Balaban J connectivity index is 3.01. The molecule has 0 aromatic heterocycles. The van der Waals surface area contributed by atoms with Gasteiger partial charge in [-0.15, -0.1) is 0 Å². The Morgan fingerprint density at radius 2 is 1.75 bits per heavy atom. The normalized spacial score (nSPS) is 12.0. The fourth-order valence-electron chi connectivity index (χ4n) is 0.743. The molecule has 3 nitrogen and oxygen atoms in total. The van der Waals surface area contributed by atoms with Gasteiger partial charge in [0, 0.05) is 19.2 Å². The monoisotopic (exact) mass is 175 g/mol. The molecule has 0 spiro atoms. The van der Waals surface area contributed by atoms with Gasteiger partial charge in [0.15, 0.2) is 0 Å². The van der Waals surface area contributed by atoms with Crippen molar-refractivity contribution in [3.63, 3.8) is 0 Å². The summed E-state index contributed by atoms with van der Waals surface area (Å²) in [7, 11) is 1.68. The summed E-state index contributed by atoms with van der Waals surface area (Å²) in [6, 6.07) is 0. The van der Waals surface area contributed by atoms with Crippen molar-refractivity contribution in [2.45, 2.75) is 26.3 Å². The van der Waals surface area contributed by atoms with Crippen LogP contribution >= 0.6 is 0 Å². The summed E-state index contributed by atoms with van der Waals surface area (Å²) in [6.07, 6.45) is 0. The van der Waals surface area contributed by atoms with Crippen LogP contribution in [-0.2, 0) is 9.47 Å². The maximum atomic E-state index is 5.28. The maximum absolute atomic E-state index is 5.28. The van der Waals surface area contributed by atoms with Crippen molar-refractivity contribution in [3.8, 4) is 0 Å². The first-order chi connectivity index (χ1) is 5.56. The van der Waals surface area contributed by atoms with Crippen LogP contribution in [0.25, 0.3) is 0 Å². The highest BCUT2D eigenvalue weighted by atomic mass is 16.5. The molecule has 12 heavy (non-hydrogen) atoms. The van der Waals surface area contributed by atoms with E-state index in [0.717, 1.165) is 13.2 Å². The summed E-state index contributed by atoms with van der Waals surface area (Å²) in [5, 5.41) is 3.33. The van der Waals surface area contributed by atoms with Gasteiger partial charge in [0.2, 0.25) is 0 Å². The highest BCUT2D eigenvalue weighted by Crippen LogP contribution is 1.96. The Morgan fingerprint density at radius 3 is 2.25 bits per heavy atom. The highest BCUT2D eigenvalue weighted by molar-refractivity contribution is 4.69. The summed E-state index contributed by atoms with van der Waals surface area (Å²) in [4.78, 5) is 0. The minimum atomic E-state index is 0.185. The van der Waals surface area contributed by atoms with Crippen LogP contribution in [0.5, 0.6) is 0 Å². The molecule has 0 aromatic rings. The molecule has 0 heterocycles. The van der Waals surface area contributed by atoms with Crippen molar-refractivity contribution in [2.24, 2.45) is 0 Å². The van der Waals surface area contributed by atoms with Crippen LogP contribution < -0.4 is 5.32 Å². The molecule has 74 valence electrons. The summed E-state index contributed by atoms with van der Waals surface area (Å²) in [6.45, 7) is 9.43. The molecular formula is C9H21NO2. The van der Waals surface area contributed by atoms with Crippen molar-refractivity contribution >= 4 is 0 Å². The standard InChI is InChI=1S/C9H21NO2/c1-9(2,3)10-5-6-12-8-7-11-4/h10H,5-8H2,1-4H3. The Morgan fingerprint density at radius 1 is 1.08 bits per heavy atom. The number of ether oxygens (including phenoxy) is 2. The van der Waals surface area contributed by atoms with E-state index >= 15 is 0 Å². The lowest BCUT2D eigenvalue weighted by molar-refractivity contribution is 0.0699. The Kier molecular flexibility index (Phi) is 6.34. The molecule has 0 radical (unpaired) electrons. The van der Waals surface area contributed by atoms with Crippen molar-refractivity contribution in [1.82, 2.24) is 5.32 Å². The minimum Gasteiger partial charge on any atom is -0.382 e. The zero-order valence-electron chi connectivity index (χ0n) is 8.64. The summed E-state index contributed by atoms with van der Waals surface area (Å²) in [5.74, 6) is 0. The Hall–Kier alpha value is -0.120. The number of nitrogens with one attached hydrogen (secondary N) is 1. The molecule has 0 aliphatic rings. The van der Waals surface area contributed by atoms with Crippen LogP contribution in [0.2, 0.25) is 0 Å². The largest absolute Gasteiger partial charge is 0.382 e. The predicted octanol–water partition coefficient (Wildman–Crippen LogP) is 1.04. The lowest BCUT2D eigenvalue weighted by Crippen LogP contribution is -2.38. The molecule has 0 saturated carbocycles. The number of hydrogen-bond donors (Lipinski definition) is 1. The van der Waals surface area contributed by atoms with E-state index in [0.29, 0.717) is 13.2 Å². The van der Waals surface area contributed by atoms with Crippen molar-refractivity contribution < 1.29 is 9.47 Å². The number of hydrogen-bond acceptors (Lipinski definition) is 3. The van der Waals surface area contributed by atoms with Crippen molar-refractivity contribution in [1.29, 1.82) is 0 Å². The molecule has 1 N–H and O–H groups in total. The fraction of sp³-hybridized carbons (Fsp3) is 1.00. The van der Waals surface area contributed by atoms with Gasteiger partial charge in [-0.05, 0) is 20.8 Å². The molecule has 0 atom stereocenters. The third kappa shape index (κ3) is 9.88. The van der Waals surface area contributed by atoms with Crippen LogP contribution in [0.1, 0.15) is 20.8 Å². The average Bonchev–Trinajstić information content (AvgIpc) is 1.94. The average molecular weight is 175 g/mol. The lowest BCUT2D eigenvalue weighted by Gasteiger charge is -2.20. The molecule has 0 aromatic carbocycles. The Bertz CT molecular complexity index is 99.2. The van der Waals surface area contributed by atoms with E-state index in [1.54, 1.807) is 7.11 Å². The topological polar surface area (TPSA) is 30.5 Å². The van der Waals surface area contributed by atoms with E-state index in [2.05, 4.69) is 26.1 Å². The van der Waals surface area contributed by atoms with E-state index < -0.39 is 0 Å². The van der Waals surface area contributed by atoms with E-state index in [-0.39, 0.29) is 5.54 Å². The molecule has 0 fully saturated rings. The van der Waals surface area contributed by atoms with Gasteiger partial charge in [-0.3, -0.25) is 0 Å². The van der Waals surface area contributed by atoms with Gasteiger partial charge in [-0.1, -0.05) is 0 Å². The summed E-state index contributed by atoms with van der Waals surface area (Å²) >= 11 is 0. The van der Waals surface area contributed by atoms with Crippen LogP contribution in [0.3, 0.4) is 0 Å². The quantitative estimate of drug-likeness (QED) is 0.612. The fourth-order valence-corrected chi connectivity index (χ4v) is 0.743. The van der Waals surface area contributed by atoms with Crippen LogP contribution in [0.4, 0.5) is 0 Å². The predicted molar refractivity (Wildman–Crippen MR) is 50.5 cm³/mol. The van der Waals surface area contributed by atoms with Crippen molar-refractivity contribution in [2.75, 3.05) is 33.5 Å². The second kappa shape index (κ2) is 6.40. The van der Waals surface area contributed by atoms with Gasteiger partial charge in [0.05, 0.1) is 19.8 Å². The van der Waals surface area contributed by atoms with Gasteiger partial charge in [-0.2, -0.15) is 0 Å². The van der Waals surface area contributed by atoms with Gasteiger partial charge >= 0.3 is 0 Å².